The summed E-state index contributed by atoms with van der Waals surface area (Å²) in [5, 5.41) is 3.42. The standard InChI is InChI=1S/C17H26BrNO/c1-3-19-12-17(14-5-4-6-15(18)11-14)20-16-9-7-13(2)8-10-16/h4-6,11,13,16-17,19H,3,7-10,12H2,1-2H3. The zero-order valence-electron chi connectivity index (χ0n) is 12.6. The Hall–Kier alpha value is -0.380. The summed E-state index contributed by atoms with van der Waals surface area (Å²) in [5.41, 5.74) is 1.26. The van der Waals surface area contributed by atoms with E-state index in [1.165, 1.54) is 31.2 Å². The van der Waals surface area contributed by atoms with Gasteiger partial charge in [-0.2, -0.15) is 0 Å². The molecule has 3 heteroatoms. The molecule has 0 aliphatic heterocycles. The Labute approximate surface area is 131 Å². The van der Waals surface area contributed by atoms with Crippen molar-refractivity contribution in [2.75, 3.05) is 13.1 Å². The summed E-state index contributed by atoms with van der Waals surface area (Å²) < 4.78 is 7.52. The van der Waals surface area contributed by atoms with Crippen molar-refractivity contribution in [3.8, 4) is 0 Å². The third kappa shape index (κ3) is 4.87. The fraction of sp³-hybridized carbons (Fsp3) is 0.647. The smallest absolute Gasteiger partial charge is 0.0953 e. The zero-order valence-corrected chi connectivity index (χ0v) is 14.2. The van der Waals surface area contributed by atoms with E-state index in [9.17, 15) is 0 Å². The third-order valence-electron chi connectivity index (χ3n) is 4.12. The van der Waals surface area contributed by atoms with Gasteiger partial charge in [0.25, 0.3) is 0 Å². The molecular weight excluding hydrogens is 314 g/mol. The van der Waals surface area contributed by atoms with Crippen molar-refractivity contribution in [1.82, 2.24) is 5.32 Å². The van der Waals surface area contributed by atoms with Gasteiger partial charge in [-0.25, -0.2) is 0 Å². The molecule has 1 aromatic rings. The summed E-state index contributed by atoms with van der Waals surface area (Å²) in [6.45, 7) is 6.36. The Bertz CT molecular complexity index is 402. The highest BCUT2D eigenvalue weighted by atomic mass is 79.9. The molecule has 0 aromatic heterocycles. The molecule has 0 radical (unpaired) electrons. The summed E-state index contributed by atoms with van der Waals surface area (Å²) in [7, 11) is 0. The van der Waals surface area contributed by atoms with Crippen LogP contribution in [-0.4, -0.2) is 19.2 Å². The third-order valence-corrected chi connectivity index (χ3v) is 4.61. The highest BCUT2D eigenvalue weighted by Gasteiger charge is 2.23. The van der Waals surface area contributed by atoms with E-state index in [1.54, 1.807) is 0 Å². The maximum Gasteiger partial charge on any atom is 0.0953 e. The molecule has 0 saturated heterocycles. The normalized spacial score (nSPS) is 24.6. The first-order valence-electron chi connectivity index (χ1n) is 7.80. The van der Waals surface area contributed by atoms with Gasteiger partial charge >= 0.3 is 0 Å². The number of ether oxygens (including phenoxy) is 1. The maximum atomic E-state index is 6.40. The highest BCUT2D eigenvalue weighted by molar-refractivity contribution is 9.10. The van der Waals surface area contributed by atoms with Gasteiger partial charge in [0.15, 0.2) is 0 Å². The van der Waals surface area contributed by atoms with Gasteiger partial charge in [-0.1, -0.05) is 41.9 Å². The minimum Gasteiger partial charge on any atom is -0.369 e. The molecule has 0 heterocycles. The number of nitrogens with one attached hydrogen (secondary N) is 1. The number of benzene rings is 1. The van der Waals surface area contributed by atoms with E-state index in [0.717, 1.165) is 23.5 Å². The van der Waals surface area contributed by atoms with E-state index in [0.29, 0.717) is 6.10 Å². The summed E-state index contributed by atoms with van der Waals surface area (Å²) in [6, 6.07) is 8.49. The van der Waals surface area contributed by atoms with Crippen LogP contribution in [0.15, 0.2) is 28.7 Å². The van der Waals surface area contributed by atoms with Crippen LogP contribution in [0, 0.1) is 5.92 Å². The first-order chi connectivity index (χ1) is 9.69. The second-order valence-electron chi connectivity index (χ2n) is 5.87. The molecule has 1 aliphatic rings. The highest BCUT2D eigenvalue weighted by Crippen LogP contribution is 2.30. The molecule has 1 aliphatic carbocycles. The Morgan fingerprint density at radius 2 is 2.05 bits per heavy atom. The van der Waals surface area contributed by atoms with Gasteiger partial charge in [0, 0.05) is 11.0 Å². The number of hydrogen-bond acceptors (Lipinski definition) is 2. The minimum atomic E-state index is 0.158. The summed E-state index contributed by atoms with van der Waals surface area (Å²) in [6.07, 6.45) is 5.60. The van der Waals surface area contributed by atoms with E-state index in [1.807, 2.05) is 0 Å². The topological polar surface area (TPSA) is 21.3 Å². The quantitative estimate of drug-likeness (QED) is 0.811. The Kier molecular flexibility index (Phi) is 6.53. The molecule has 0 bridgehead atoms. The van der Waals surface area contributed by atoms with Crippen LogP contribution in [0.4, 0.5) is 0 Å². The van der Waals surface area contributed by atoms with E-state index < -0.39 is 0 Å². The molecule has 20 heavy (non-hydrogen) atoms. The van der Waals surface area contributed by atoms with Crippen LogP contribution in [0.1, 0.15) is 51.2 Å². The van der Waals surface area contributed by atoms with Crippen molar-refractivity contribution in [3.63, 3.8) is 0 Å². The number of rotatable bonds is 6. The average molecular weight is 340 g/mol. The van der Waals surface area contributed by atoms with E-state index in [4.69, 9.17) is 4.74 Å². The minimum absolute atomic E-state index is 0.158. The van der Waals surface area contributed by atoms with Crippen LogP contribution in [0.2, 0.25) is 0 Å². The fourth-order valence-corrected chi connectivity index (χ4v) is 3.24. The molecule has 1 aromatic carbocycles. The van der Waals surface area contributed by atoms with Crippen molar-refractivity contribution in [1.29, 1.82) is 0 Å². The molecular formula is C17H26BrNO. The fourth-order valence-electron chi connectivity index (χ4n) is 2.82. The predicted octanol–water partition coefficient (Wildman–Crippen LogP) is 4.70. The van der Waals surface area contributed by atoms with Gasteiger partial charge in [0.05, 0.1) is 12.2 Å². The number of likely N-dealkylation sites (N-methyl/N-ethyl adjacent to an activating group) is 1. The van der Waals surface area contributed by atoms with E-state index >= 15 is 0 Å². The first kappa shape index (κ1) is 16.0. The molecule has 112 valence electrons. The Morgan fingerprint density at radius 3 is 2.70 bits per heavy atom. The second-order valence-corrected chi connectivity index (χ2v) is 6.78. The summed E-state index contributed by atoms with van der Waals surface area (Å²) >= 11 is 3.56. The van der Waals surface area contributed by atoms with Crippen LogP contribution in [0.3, 0.4) is 0 Å². The second kappa shape index (κ2) is 8.16. The van der Waals surface area contributed by atoms with Crippen molar-refractivity contribution in [3.05, 3.63) is 34.3 Å². The first-order valence-corrected chi connectivity index (χ1v) is 8.60. The van der Waals surface area contributed by atoms with Gasteiger partial charge in [-0.15, -0.1) is 0 Å². The van der Waals surface area contributed by atoms with Crippen LogP contribution >= 0.6 is 15.9 Å². The van der Waals surface area contributed by atoms with E-state index in [-0.39, 0.29) is 6.10 Å². The lowest BCUT2D eigenvalue weighted by Gasteiger charge is -2.30. The molecule has 1 fully saturated rings. The van der Waals surface area contributed by atoms with Gasteiger partial charge < -0.3 is 10.1 Å². The van der Waals surface area contributed by atoms with Crippen molar-refractivity contribution >= 4 is 15.9 Å². The molecule has 1 saturated carbocycles. The van der Waals surface area contributed by atoms with Crippen LogP contribution in [0.5, 0.6) is 0 Å². The van der Waals surface area contributed by atoms with Crippen molar-refractivity contribution in [2.24, 2.45) is 5.92 Å². The molecule has 0 spiro atoms. The lowest BCUT2D eigenvalue weighted by Crippen LogP contribution is -2.29. The van der Waals surface area contributed by atoms with Crippen molar-refractivity contribution < 1.29 is 4.74 Å². The lowest BCUT2D eigenvalue weighted by molar-refractivity contribution is -0.0361. The molecule has 1 unspecified atom stereocenters. The summed E-state index contributed by atoms with van der Waals surface area (Å²) in [5.74, 6) is 0.868. The van der Waals surface area contributed by atoms with Crippen LogP contribution < -0.4 is 5.32 Å². The molecule has 0 amide bonds. The molecule has 2 nitrogen and oxygen atoms in total. The SMILES string of the molecule is CCNCC(OC1CCC(C)CC1)c1cccc(Br)c1. The van der Waals surface area contributed by atoms with Gasteiger partial charge in [0.1, 0.15) is 0 Å². The van der Waals surface area contributed by atoms with E-state index in [2.05, 4.69) is 59.4 Å². The van der Waals surface area contributed by atoms with Crippen molar-refractivity contribution in [2.45, 2.75) is 51.7 Å². The number of hydrogen-bond donors (Lipinski definition) is 1. The summed E-state index contributed by atoms with van der Waals surface area (Å²) in [4.78, 5) is 0. The largest absolute Gasteiger partial charge is 0.369 e. The Balaban J connectivity index is 1.99. The van der Waals surface area contributed by atoms with Gasteiger partial charge in [0.2, 0.25) is 0 Å². The zero-order chi connectivity index (χ0) is 14.4. The average Bonchev–Trinajstić information content (AvgIpc) is 2.45. The van der Waals surface area contributed by atoms with Crippen LogP contribution in [0.25, 0.3) is 0 Å². The monoisotopic (exact) mass is 339 g/mol. The van der Waals surface area contributed by atoms with Gasteiger partial charge in [-0.3, -0.25) is 0 Å². The number of halogens is 1. The maximum absolute atomic E-state index is 6.40. The predicted molar refractivity (Wildman–Crippen MR) is 87.9 cm³/mol. The van der Waals surface area contributed by atoms with Crippen LogP contribution in [-0.2, 0) is 4.74 Å². The molecule has 1 N–H and O–H groups in total. The molecule has 1 atom stereocenters. The Morgan fingerprint density at radius 1 is 1.30 bits per heavy atom. The van der Waals surface area contributed by atoms with Gasteiger partial charge in [-0.05, 0) is 55.8 Å². The molecule has 2 rings (SSSR count). The lowest BCUT2D eigenvalue weighted by atomic mass is 9.89.